The van der Waals surface area contributed by atoms with Gasteiger partial charge in [-0.1, -0.05) is 0 Å². The number of hydrogen-bond donors (Lipinski definition) is 2. The first-order valence-corrected chi connectivity index (χ1v) is 11.4. The largest absolute Gasteiger partial charge is 0.468 e. The van der Waals surface area contributed by atoms with Crippen LogP contribution in [0.5, 0.6) is 5.88 Å². The fourth-order valence-electron chi connectivity index (χ4n) is 3.86. The standard InChI is InChI=1S/C24H28F3N5O4/c1-14-9-17(11-31-22(14)36-13-24(25,26)27)15(2)32-12-19-18(23(32)35)5-8-29-20(19)10-21(34)30-7-4-6-28-16(3)33/h5,8-9,11,15H,4,6-7,10,12-13H2,1-3H3,(H,28,33)(H,30,34). The molecule has 3 rings (SSSR count). The summed E-state index contributed by atoms with van der Waals surface area (Å²) in [6, 6.07) is 2.83. The molecule has 3 heterocycles. The predicted molar refractivity (Wildman–Crippen MR) is 123 cm³/mol. The average molecular weight is 508 g/mol. The van der Waals surface area contributed by atoms with Gasteiger partial charge >= 0.3 is 6.18 Å². The quantitative estimate of drug-likeness (QED) is 0.478. The van der Waals surface area contributed by atoms with Crippen LogP contribution in [-0.4, -0.2) is 58.5 Å². The minimum atomic E-state index is -4.47. The Kier molecular flexibility index (Phi) is 8.49. The lowest BCUT2D eigenvalue weighted by Crippen LogP contribution is -2.30. The first-order valence-electron chi connectivity index (χ1n) is 11.4. The number of ether oxygens (including phenoxy) is 1. The van der Waals surface area contributed by atoms with E-state index in [4.69, 9.17) is 4.74 Å². The van der Waals surface area contributed by atoms with Crippen LogP contribution in [0.25, 0.3) is 0 Å². The summed E-state index contributed by atoms with van der Waals surface area (Å²) in [5, 5.41) is 5.43. The van der Waals surface area contributed by atoms with Gasteiger partial charge in [-0.25, -0.2) is 4.98 Å². The van der Waals surface area contributed by atoms with Crippen molar-refractivity contribution in [1.29, 1.82) is 0 Å². The van der Waals surface area contributed by atoms with Crippen LogP contribution in [0.3, 0.4) is 0 Å². The molecule has 1 aliphatic rings. The maximum Gasteiger partial charge on any atom is 0.422 e. The number of nitrogens with zero attached hydrogens (tertiary/aromatic N) is 3. The van der Waals surface area contributed by atoms with Gasteiger partial charge in [0.2, 0.25) is 17.7 Å². The van der Waals surface area contributed by atoms with Crippen molar-refractivity contribution in [2.45, 2.75) is 52.4 Å². The van der Waals surface area contributed by atoms with Gasteiger partial charge in [-0.15, -0.1) is 0 Å². The second-order valence-corrected chi connectivity index (χ2v) is 8.55. The van der Waals surface area contributed by atoms with Crippen molar-refractivity contribution in [1.82, 2.24) is 25.5 Å². The highest BCUT2D eigenvalue weighted by atomic mass is 19.4. The minimum Gasteiger partial charge on any atom is -0.468 e. The highest BCUT2D eigenvalue weighted by Crippen LogP contribution is 2.33. The summed E-state index contributed by atoms with van der Waals surface area (Å²) in [7, 11) is 0. The summed E-state index contributed by atoms with van der Waals surface area (Å²) in [5.41, 5.74) is 2.68. The topological polar surface area (TPSA) is 114 Å². The van der Waals surface area contributed by atoms with Crippen LogP contribution < -0.4 is 15.4 Å². The zero-order chi connectivity index (χ0) is 26.5. The van der Waals surface area contributed by atoms with Crippen LogP contribution in [0.1, 0.15) is 59.1 Å². The molecule has 1 atom stereocenters. The Morgan fingerprint density at radius 1 is 1.22 bits per heavy atom. The van der Waals surface area contributed by atoms with Crippen molar-refractivity contribution in [2.75, 3.05) is 19.7 Å². The van der Waals surface area contributed by atoms with Gasteiger partial charge in [-0.2, -0.15) is 13.2 Å². The Hall–Kier alpha value is -3.70. The first-order chi connectivity index (χ1) is 17.0. The van der Waals surface area contributed by atoms with Crippen molar-refractivity contribution in [2.24, 2.45) is 0 Å². The van der Waals surface area contributed by atoms with E-state index in [1.807, 2.05) is 0 Å². The number of hydrogen-bond acceptors (Lipinski definition) is 6. The number of nitrogens with one attached hydrogen (secondary N) is 2. The number of pyridine rings is 2. The van der Waals surface area contributed by atoms with Gasteiger partial charge < -0.3 is 20.3 Å². The molecule has 0 fully saturated rings. The Morgan fingerprint density at radius 3 is 2.61 bits per heavy atom. The number of rotatable bonds is 10. The number of carbonyl (C=O) groups excluding carboxylic acids is 3. The van der Waals surface area contributed by atoms with E-state index in [-0.39, 0.29) is 36.6 Å². The van der Waals surface area contributed by atoms with E-state index in [0.717, 1.165) is 0 Å². The van der Waals surface area contributed by atoms with Crippen molar-refractivity contribution < 1.29 is 32.3 Å². The molecule has 9 nitrogen and oxygen atoms in total. The third kappa shape index (κ3) is 6.92. The highest BCUT2D eigenvalue weighted by molar-refractivity contribution is 5.99. The molecule has 1 aliphatic heterocycles. The van der Waals surface area contributed by atoms with Crippen molar-refractivity contribution in [3.63, 3.8) is 0 Å². The molecule has 1 unspecified atom stereocenters. The Morgan fingerprint density at radius 2 is 1.94 bits per heavy atom. The summed E-state index contributed by atoms with van der Waals surface area (Å²) in [6.45, 7) is 4.46. The van der Waals surface area contributed by atoms with Gasteiger partial charge in [0, 0.05) is 55.6 Å². The number of aryl methyl sites for hydroxylation is 1. The van der Waals surface area contributed by atoms with Crippen LogP contribution in [0.4, 0.5) is 13.2 Å². The fraction of sp³-hybridized carbons (Fsp3) is 0.458. The molecule has 0 aromatic carbocycles. The summed E-state index contributed by atoms with van der Waals surface area (Å²) in [5.74, 6) is -0.724. The minimum absolute atomic E-state index is 0.00468. The zero-order valence-corrected chi connectivity index (χ0v) is 20.2. The highest BCUT2D eigenvalue weighted by Gasteiger charge is 2.34. The van der Waals surface area contributed by atoms with Gasteiger partial charge in [0.1, 0.15) is 0 Å². The molecule has 2 aromatic heterocycles. The molecular formula is C24H28F3N5O4. The molecular weight excluding hydrogens is 479 g/mol. The third-order valence-corrected chi connectivity index (χ3v) is 5.72. The van der Waals surface area contributed by atoms with E-state index in [1.54, 1.807) is 30.9 Å². The number of aromatic nitrogens is 2. The Bertz CT molecular complexity index is 1140. The molecule has 2 N–H and O–H groups in total. The SMILES string of the molecule is CC(=O)NCCCNC(=O)Cc1nccc2c1CN(C(C)c1cnc(OCC(F)(F)F)c(C)c1)C2=O. The molecule has 0 saturated heterocycles. The number of fused-ring (bicyclic) bond motifs is 1. The number of carbonyl (C=O) groups is 3. The first kappa shape index (κ1) is 26.9. The normalized spacial score (nSPS) is 13.8. The van der Waals surface area contributed by atoms with Gasteiger partial charge in [0.25, 0.3) is 5.91 Å². The maximum absolute atomic E-state index is 13.1. The number of halogens is 3. The smallest absolute Gasteiger partial charge is 0.422 e. The molecule has 0 bridgehead atoms. The third-order valence-electron chi connectivity index (χ3n) is 5.72. The van der Waals surface area contributed by atoms with Crippen molar-refractivity contribution in [3.05, 3.63) is 52.5 Å². The molecule has 0 spiro atoms. The lowest BCUT2D eigenvalue weighted by atomic mass is 10.1. The molecule has 0 saturated carbocycles. The van der Waals surface area contributed by atoms with E-state index in [1.165, 1.54) is 19.3 Å². The summed E-state index contributed by atoms with van der Waals surface area (Å²) in [4.78, 5) is 46.3. The molecule has 3 amide bonds. The summed E-state index contributed by atoms with van der Waals surface area (Å²) >= 11 is 0. The Balaban J connectivity index is 1.65. The summed E-state index contributed by atoms with van der Waals surface area (Å²) < 4.78 is 42.1. The molecule has 2 aromatic rings. The molecule has 36 heavy (non-hydrogen) atoms. The lowest BCUT2D eigenvalue weighted by molar-refractivity contribution is -0.154. The summed E-state index contributed by atoms with van der Waals surface area (Å²) in [6.07, 6.45) is -0.993. The number of amides is 3. The van der Waals surface area contributed by atoms with Gasteiger partial charge in [0.15, 0.2) is 6.61 Å². The molecule has 0 aliphatic carbocycles. The molecule has 12 heteroatoms. The van der Waals surface area contributed by atoms with Gasteiger partial charge in [-0.3, -0.25) is 19.4 Å². The fourth-order valence-corrected chi connectivity index (χ4v) is 3.86. The van der Waals surface area contributed by atoms with E-state index in [2.05, 4.69) is 20.6 Å². The maximum atomic E-state index is 13.1. The average Bonchev–Trinajstić information content (AvgIpc) is 3.14. The Labute approximate surface area is 206 Å². The van der Waals surface area contributed by atoms with E-state index < -0.39 is 18.8 Å². The van der Waals surface area contributed by atoms with Crippen LogP contribution >= 0.6 is 0 Å². The van der Waals surface area contributed by atoms with Gasteiger partial charge in [0.05, 0.1) is 18.2 Å². The number of alkyl halides is 3. The van der Waals surface area contributed by atoms with Crippen molar-refractivity contribution >= 4 is 17.7 Å². The van der Waals surface area contributed by atoms with Crippen LogP contribution in [0.15, 0.2) is 24.5 Å². The molecule has 0 radical (unpaired) electrons. The van der Waals surface area contributed by atoms with Crippen LogP contribution in [0, 0.1) is 6.92 Å². The monoisotopic (exact) mass is 507 g/mol. The zero-order valence-electron chi connectivity index (χ0n) is 20.2. The van der Waals surface area contributed by atoms with Crippen molar-refractivity contribution in [3.8, 4) is 5.88 Å². The van der Waals surface area contributed by atoms with Crippen LogP contribution in [-0.2, 0) is 22.6 Å². The second kappa shape index (κ2) is 11.4. The van der Waals surface area contributed by atoms with Crippen LogP contribution in [0.2, 0.25) is 0 Å². The predicted octanol–water partition coefficient (Wildman–Crippen LogP) is 2.63. The van der Waals surface area contributed by atoms with E-state index >= 15 is 0 Å². The molecule has 194 valence electrons. The van der Waals surface area contributed by atoms with E-state index in [0.29, 0.717) is 47.5 Å². The second-order valence-electron chi connectivity index (χ2n) is 8.55. The van der Waals surface area contributed by atoms with E-state index in [9.17, 15) is 27.6 Å². The van der Waals surface area contributed by atoms with Gasteiger partial charge in [-0.05, 0) is 38.0 Å². The lowest BCUT2D eigenvalue weighted by Gasteiger charge is -2.25.